The number of nitrogens with one attached hydrogen (secondary N) is 2. The topological polar surface area (TPSA) is 40.7 Å². The number of nitrogens with zero attached hydrogens (tertiary/aromatic N) is 1. The first kappa shape index (κ1) is 10.7. The molecular formula is C12H11ClFN3. The summed E-state index contributed by atoms with van der Waals surface area (Å²) >= 11 is 5.91. The van der Waals surface area contributed by atoms with Crippen molar-refractivity contribution in [3.8, 4) is 0 Å². The molecule has 1 aliphatic rings. The van der Waals surface area contributed by atoms with Crippen molar-refractivity contribution in [3.63, 3.8) is 0 Å². The number of fused-ring (bicyclic) bond motifs is 1. The quantitative estimate of drug-likeness (QED) is 0.817. The first-order valence-corrected chi connectivity index (χ1v) is 5.84. The van der Waals surface area contributed by atoms with E-state index >= 15 is 0 Å². The molecule has 0 spiro atoms. The van der Waals surface area contributed by atoms with Gasteiger partial charge in [-0.25, -0.2) is 9.37 Å². The Hall–Kier alpha value is -1.39. The zero-order chi connectivity index (χ0) is 11.8. The van der Waals surface area contributed by atoms with Crippen LogP contribution in [0.4, 0.5) is 4.39 Å². The summed E-state index contributed by atoms with van der Waals surface area (Å²) in [5.41, 5.74) is 2.47. The molecule has 1 aromatic carbocycles. The van der Waals surface area contributed by atoms with Crippen LogP contribution in [0.1, 0.15) is 23.0 Å². The van der Waals surface area contributed by atoms with E-state index in [-0.39, 0.29) is 11.9 Å². The van der Waals surface area contributed by atoms with Crippen molar-refractivity contribution >= 4 is 11.6 Å². The number of halogens is 2. The summed E-state index contributed by atoms with van der Waals surface area (Å²) in [6.45, 7) is 0.797. The lowest BCUT2D eigenvalue weighted by Gasteiger charge is -2.23. The Labute approximate surface area is 103 Å². The molecule has 1 atom stereocenters. The predicted octanol–water partition coefficient (Wildman–Crippen LogP) is 2.44. The Morgan fingerprint density at radius 1 is 1.41 bits per heavy atom. The van der Waals surface area contributed by atoms with E-state index < -0.39 is 0 Å². The lowest BCUT2D eigenvalue weighted by Crippen LogP contribution is -2.31. The van der Waals surface area contributed by atoms with Crippen molar-refractivity contribution in [1.29, 1.82) is 0 Å². The van der Waals surface area contributed by atoms with Crippen molar-refractivity contribution in [2.24, 2.45) is 0 Å². The maximum atomic E-state index is 13.8. The summed E-state index contributed by atoms with van der Waals surface area (Å²) in [6.07, 6.45) is 2.53. The Kier molecular flexibility index (Phi) is 2.61. The minimum absolute atomic E-state index is 0.219. The third-order valence-electron chi connectivity index (χ3n) is 3.02. The molecule has 3 nitrogen and oxygen atoms in total. The van der Waals surface area contributed by atoms with E-state index in [9.17, 15) is 4.39 Å². The molecule has 3 rings (SSSR count). The second-order valence-corrected chi connectivity index (χ2v) is 4.51. The normalized spacial score (nSPS) is 19.1. The molecule has 1 aliphatic heterocycles. The van der Waals surface area contributed by atoms with Crippen LogP contribution in [0.2, 0.25) is 5.02 Å². The second-order valence-electron chi connectivity index (χ2n) is 4.07. The molecule has 0 amide bonds. The van der Waals surface area contributed by atoms with Gasteiger partial charge >= 0.3 is 0 Å². The standard InChI is InChI=1S/C12H11ClFN3/c13-7-1-2-9(14)8(5-7)11-12-10(3-4-15-11)16-6-17-12/h1-2,5-6,11,15H,3-4H2,(H,16,17)/t11-/m1/s1. The Bertz CT molecular complexity index is 552. The maximum Gasteiger partial charge on any atom is 0.128 e. The summed E-state index contributed by atoms with van der Waals surface area (Å²) in [5, 5.41) is 3.80. The average molecular weight is 252 g/mol. The lowest BCUT2D eigenvalue weighted by atomic mass is 9.97. The van der Waals surface area contributed by atoms with Crippen LogP contribution in [-0.2, 0) is 6.42 Å². The van der Waals surface area contributed by atoms with Gasteiger partial charge in [0.25, 0.3) is 0 Å². The molecule has 5 heteroatoms. The Morgan fingerprint density at radius 2 is 2.29 bits per heavy atom. The summed E-state index contributed by atoms with van der Waals surface area (Å²) in [7, 11) is 0. The summed E-state index contributed by atoms with van der Waals surface area (Å²) < 4.78 is 13.8. The molecular weight excluding hydrogens is 241 g/mol. The van der Waals surface area contributed by atoms with E-state index in [2.05, 4.69) is 15.3 Å². The molecule has 0 radical (unpaired) electrons. The van der Waals surface area contributed by atoms with E-state index in [0.29, 0.717) is 10.6 Å². The van der Waals surface area contributed by atoms with Crippen molar-refractivity contribution in [2.75, 3.05) is 6.54 Å². The van der Waals surface area contributed by atoms with Crippen molar-refractivity contribution < 1.29 is 4.39 Å². The van der Waals surface area contributed by atoms with Gasteiger partial charge in [-0.1, -0.05) is 11.6 Å². The first-order chi connectivity index (χ1) is 8.25. The summed E-state index contributed by atoms with van der Waals surface area (Å²) in [6, 6.07) is 4.37. The molecule has 2 heterocycles. The van der Waals surface area contributed by atoms with Gasteiger partial charge in [-0.2, -0.15) is 0 Å². The first-order valence-electron chi connectivity index (χ1n) is 5.46. The van der Waals surface area contributed by atoms with Crippen molar-refractivity contribution in [3.05, 3.63) is 52.3 Å². The van der Waals surface area contributed by atoms with Crippen LogP contribution < -0.4 is 5.32 Å². The highest BCUT2D eigenvalue weighted by Gasteiger charge is 2.25. The van der Waals surface area contributed by atoms with Crippen LogP contribution in [0.5, 0.6) is 0 Å². The van der Waals surface area contributed by atoms with Gasteiger partial charge in [0.2, 0.25) is 0 Å². The molecule has 0 saturated carbocycles. The molecule has 0 fully saturated rings. The number of aromatic amines is 1. The lowest BCUT2D eigenvalue weighted by molar-refractivity contribution is 0.518. The molecule has 2 aromatic rings. The van der Waals surface area contributed by atoms with Gasteiger partial charge in [0.05, 0.1) is 18.1 Å². The van der Waals surface area contributed by atoms with Crippen molar-refractivity contribution in [2.45, 2.75) is 12.5 Å². The maximum absolute atomic E-state index is 13.8. The molecule has 17 heavy (non-hydrogen) atoms. The molecule has 0 aliphatic carbocycles. The minimum atomic E-state index is -0.261. The highest BCUT2D eigenvalue weighted by Crippen LogP contribution is 2.29. The third-order valence-corrected chi connectivity index (χ3v) is 3.25. The van der Waals surface area contributed by atoms with Gasteiger partial charge < -0.3 is 10.3 Å². The zero-order valence-electron chi connectivity index (χ0n) is 9.00. The molecule has 0 saturated heterocycles. The average Bonchev–Trinajstić information content (AvgIpc) is 2.80. The Morgan fingerprint density at radius 3 is 3.18 bits per heavy atom. The minimum Gasteiger partial charge on any atom is -0.348 e. The molecule has 0 bridgehead atoms. The fraction of sp³-hybridized carbons (Fsp3) is 0.250. The van der Waals surface area contributed by atoms with Crippen LogP contribution in [0.3, 0.4) is 0 Å². The highest BCUT2D eigenvalue weighted by atomic mass is 35.5. The van der Waals surface area contributed by atoms with E-state index in [1.807, 2.05) is 0 Å². The molecule has 88 valence electrons. The van der Waals surface area contributed by atoms with E-state index in [4.69, 9.17) is 11.6 Å². The van der Waals surface area contributed by atoms with E-state index in [1.54, 1.807) is 18.5 Å². The van der Waals surface area contributed by atoms with Gasteiger partial charge in [0.15, 0.2) is 0 Å². The van der Waals surface area contributed by atoms with Gasteiger partial charge in [-0.05, 0) is 18.2 Å². The predicted molar refractivity (Wildman–Crippen MR) is 63.5 cm³/mol. The van der Waals surface area contributed by atoms with Crippen LogP contribution in [0, 0.1) is 5.82 Å². The highest BCUT2D eigenvalue weighted by molar-refractivity contribution is 6.30. The number of hydrogen-bond donors (Lipinski definition) is 2. The summed E-state index contributed by atoms with van der Waals surface area (Å²) in [4.78, 5) is 7.34. The number of imidazole rings is 1. The van der Waals surface area contributed by atoms with E-state index in [1.165, 1.54) is 6.07 Å². The molecule has 0 unspecified atom stereocenters. The molecule has 1 aromatic heterocycles. The van der Waals surface area contributed by atoms with Crippen LogP contribution in [-0.4, -0.2) is 16.5 Å². The second kappa shape index (κ2) is 4.13. The number of rotatable bonds is 1. The number of hydrogen-bond acceptors (Lipinski definition) is 2. The SMILES string of the molecule is Fc1ccc(Cl)cc1[C@H]1NCCc2[nH]cnc21. The largest absolute Gasteiger partial charge is 0.348 e. The van der Waals surface area contributed by atoms with Gasteiger partial charge in [-0.15, -0.1) is 0 Å². The fourth-order valence-corrected chi connectivity index (χ4v) is 2.39. The number of benzene rings is 1. The number of aromatic nitrogens is 2. The monoisotopic (exact) mass is 251 g/mol. The smallest absolute Gasteiger partial charge is 0.128 e. The van der Waals surface area contributed by atoms with Gasteiger partial charge in [-0.3, -0.25) is 0 Å². The van der Waals surface area contributed by atoms with E-state index in [0.717, 1.165) is 24.4 Å². The summed E-state index contributed by atoms with van der Waals surface area (Å²) in [5.74, 6) is -0.261. The third kappa shape index (κ3) is 1.83. The van der Waals surface area contributed by atoms with Crippen LogP contribution >= 0.6 is 11.6 Å². The Balaban J connectivity index is 2.09. The number of H-pyrrole nitrogens is 1. The van der Waals surface area contributed by atoms with Crippen LogP contribution in [0.15, 0.2) is 24.5 Å². The van der Waals surface area contributed by atoms with Gasteiger partial charge in [0.1, 0.15) is 5.82 Å². The molecule has 2 N–H and O–H groups in total. The van der Waals surface area contributed by atoms with Crippen molar-refractivity contribution in [1.82, 2.24) is 15.3 Å². The van der Waals surface area contributed by atoms with Gasteiger partial charge in [0, 0.05) is 29.2 Å². The zero-order valence-corrected chi connectivity index (χ0v) is 9.76. The fourth-order valence-electron chi connectivity index (χ4n) is 2.21. The van der Waals surface area contributed by atoms with Crippen LogP contribution in [0.25, 0.3) is 0 Å².